The molecule has 0 N–H and O–H groups in total. The summed E-state index contributed by atoms with van der Waals surface area (Å²) in [5.74, 6) is 0. The van der Waals surface area contributed by atoms with Gasteiger partial charge in [-0.05, 0) is 19.1 Å². The molecule has 0 bridgehead atoms. The second-order valence-electron chi connectivity index (χ2n) is 4.79. The Balaban J connectivity index is 2.81. The van der Waals surface area contributed by atoms with Crippen molar-refractivity contribution in [2.45, 2.75) is 6.92 Å². The zero-order chi connectivity index (χ0) is 17.0. The number of nitriles is 1. The van der Waals surface area contributed by atoms with Gasteiger partial charge in [0.25, 0.3) is 13.4 Å². The highest BCUT2D eigenvalue weighted by Crippen LogP contribution is 2.44. The van der Waals surface area contributed by atoms with Gasteiger partial charge in [0, 0.05) is 19.4 Å². The third-order valence-corrected chi connectivity index (χ3v) is 5.47. The molecule has 1 aromatic carbocycles. The van der Waals surface area contributed by atoms with Crippen molar-refractivity contribution < 1.29 is 13.5 Å². The van der Waals surface area contributed by atoms with Gasteiger partial charge in [0.15, 0.2) is 11.0 Å². The van der Waals surface area contributed by atoms with E-state index < -0.39 is 18.6 Å². The monoisotopic (exact) mass is 333 g/mol. The Hall–Kier alpha value is -2.42. The molecular formula is C15H16N3O4P. The van der Waals surface area contributed by atoms with Gasteiger partial charge in [0.05, 0.1) is 6.61 Å². The Bertz CT molecular complexity index is 840. The quantitative estimate of drug-likeness (QED) is 0.759. The summed E-state index contributed by atoms with van der Waals surface area (Å²) >= 11 is 0. The molecule has 1 atom stereocenters. The van der Waals surface area contributed by atoms with Crippen molar-refractivity contribution in [3.8, 4) is 6.07 Å². The molecule has 0 radical (unpaired) electrons. The maximum Gasteiger partial charge on any atom is 0.359 e. The Morgan fingerprint density at radius 3 is 2.52 bits per heavy atom. The van der Waals surface area contributed by atoms with Gasteiger partial charge in [0.1, 0.15) is 6.07 Å². The molecular weight excluding hydrogens is 317 g/mol. The van der Waals surface area contributed by atoms with Crippen LogP contribution in [0.15, 0.2) is 39.5 Å². The fourth-order valence-corrected chi connectivity index (χ4v) is 4.06. The molecule has 120 valence electrons. The number of anilines is 1. The largest absolute Gasteiger partial charge is 0.388 e. The third kappa shape index (κ3) is 3.19. The number of aromatic nitrogens is 1. The first-order valence-electron chi connectivity index (χ1n) is 6.87. The van der Waals surface area contributed by atoms with E-state index in [4.69, 9.17) is 8.94 Å². The maximum absolute atomic E-state index is 13.5. The summed E-state index contributed by atoms with van der Waals surface area (Å²) in [6.07, 6.45) is 0. The molecule has 0 amide bonds. The first kappa shape index (κ1) is 16.9. The zero-order valence-electron chi connectivity index (χ0n) is 13.0. The molecule has 1 aromatic heterocycles. The first-order chi connectivity index (χ1) is 10.9. The highest BCUT2D eigenvalue weighted by atomic mass is 31.2. The van der Waals surface area contributed by atoms with Crippen molar-refractivity contribution in [1.29, 1.82) is 5.26 Å². The van der Waals surface area contributed by atoms with E-state index in [1.165, 1.54) is 4.90 Å². The van der Waals surface area contributed by atoms with Crippen LogP contribution in [0.3, 0.4) is 0 Å². The van der Waals surface area contributed by atoms with Crippen LogP contribution >= 0.6 is 7.37 Å². The molecule has 7 nitrogen and oxygen atoms in total. The second-order valence-corrected chi connectivity index (χ2v) is 7.09. The summed E-state index contributed by atoms with van der Waals surface area (Å²) in [5, 5.41) is 9.63. The number of hydrogen-bond donors (Lipinski definition) is 0. The lowest BCUT2D eigenvalue weighted by Gasteiger charge is -2.19. The molecule has 0 fully saturated rings. The van der Waals surface area contributed by atoms with E-state index in [0.717, 1.165) is 0 Å². The van der Waals surface area contributed by atoms with Crippen LogP contribution in [0.25, 0.3) is 0 Å². The molecule has 0 saturated heterocycles. The minimum absolute atomic E-state index is 0.0418. The summed E-state index contributed by atoms with van der Waals surface area (Å²) in [6, 6.07) is 10.1. The van der Waals surface area contributed by atoms with Gasteiger partial charge in [-0.1, -0.05) is 18.2 Å². The smallest absolute Gasteiger partial charge is 0.359 e. The zero-order valence-corrected chi connectivity index (χ0v) is 13.9. The predicted molar refractivity (Wildman–Crippen MR) is 86.8 cm³/mol. The van der Waals surface area contributed by atoms with E-state index in [-0.39, 0.29) is 18.1 Å². The van der Waals surface area contributed by atoms with E-state index in [9.17, 15) is 14.6 Å². The standard InChI is InChI=1S/C15H16N3O4P/c1-4-21-23(20,11-8-6-5-7-9-11)13-12(10-16)14(19)22-15(17-13)18(2)3/h5-9H,4H2,1-3H3. The summed E-state index contributed by atoms with van der Waals surface area (Å²) in [5.41, 5.74) is -1.48. The Morgan fingerprint density at radius 2 is 2.00 bits per heavy atom. The number of benzene rings is 1. The summed E-state index contributed by atoms with van der Waals surface area (Å²) in [7, 11) is -0.452. The van der Waals surface area contributed by atoms with E-state index in [1.54, 1.807) is 57.4 Å². The molecule has 23 heavy (non-hydrogen) atoms. The second kappa shape index (κ2) is 6.78. The normalized spacial score (nSPS) is 13.1. The topological polar surface area (TPSA) is 96.4 Å². The highest BCUT2D eigenvalue weighted by molar-refractivity contribution is 7.74. The SMILES string of the molecule is CCOP(=O)(c1ccccc1)c1nc(N(C)C)oc(=O)c1C#N. The minimum atomic E-state index is -3.69. The van der Waals surface area contributed by atoms with Crippen LogP contribution in [0.4, 0.5) is 6.01 Å². The first-order valence-corrected chi connectivity index (χ1v) is 8.49. The Labute approximate surface area is 133 Å². The van der Waals surface area contributed by atoms with Crippen LogP contribution in [0.5, 0.6) is 0 Å². The van der Waals surface area contributed by atoms with Crippen molar-refractivity contribution in [3.63, 3.8) is 0 Å². The van der Waals surface area contributed by atoms with Gasteiger partial charge in [-0.3, -0.25) is 4.57 Å². The molecule has 2 rings (SSSR count). The van der Waals surface area contributed by atoms with E-state index in [2.05, 4.69) is 4.98 Å². The molecule has 8 heteroatoms. The van der Waals surface area contributed by atoms with Gasteiger partial charge >= 0.3 is 5.63 Å². The lowest BCUT2D eigenvalue weighted by Crippen LogP contribution is -2.30. The van der Waals surface area contributed by atoms with Crippen LogP contribution in [0, 0.1) is 11.3 Å². The van der Waals surface area contributed by atoms with Crippen LogP contribution < -0.4 is 21.3 Å². The van der Waals surface area contributed by atoms with Gasteiger partial charge in [-0.15, -0.1) is 0 Å². The van der Waals surface area contributed by atoms with Crippen molar-refractivity contribution >= 4 is 24.1 Å². The number of rotatable bonds is 5. The van der Waals surface area contributed by atoms with E-state index in [0.29, 0.717) is 5.30 Å². The van der Waals surface area contributed by atoms with Gasteiger partial charge in [0.2, 0.25) is 0 Å². The number of nitrogens with zero attached hydrogens (tertiary/aromatic N) is 3. The predicted octanol–water partition coefficient (Wildman–Crippen LogP) is 1.24. The molecule has 1 unspecified atom stereocenters. The molecule has 0 spiro atoms. The average Bonchev–Trinajstić information content (AvgIpc) is 2.55. The minimum Gasteiger partial charge on any atom is -0.388 e. The van der Waals surface area contributed by atoms with E-state index in [1.807, 2.05) is 0 Å². The average molecular weight is 333 g/mol. The molecule has 0 aliphatic heterocycles. The molecule has 0 aliphatic rings. The molecule has 0 saturated carbocycles. The molecule has 2 aromatic rings. The van der Waals surface area contributed by atoms with Gasteiger partial charge < -0.3 is 13.8 Å². The summed E-state index contributed by atoms with van der Waals surface area (Å²) in [6.45, 7) is 1.82. The molecule has 0 aliphatic carbocycles. The Kier molecular flexibility index (Phi) is 4.99. The lowest BCUT2D eigenvalue weighted by molar-refractivity contribution is 0.347. The van der Waals surface area contributed by atoms with Crippen LogP contribution in [0.1, 0.15) is 12.5 Å². The van der Waals surface area contributed by atoms with Crippen molar-refractivity contribution in [1.82, 2.24) is 4.98 Å². The number of hydrogen-bond acceptors (Lipinski definition) is 7. The van der Waals surface area contributed by atoms with E-state index >= 15 is 0 Å². The van der Waals surface area contributed by atoms with Gasteiger partial charge in [-0.25, -0.2) is 4.79 Å². The lowest BCUT2D eigenvalue weighted by atomic mass is 10.4. The summed E-state index contributed by atoms with van der Waals surface area (Å²) < 4.78 is 23.9. The van der Waals surface area contributed by atoms with Crippen LogP contribution in [-0.4, -0.2) is 25.7 Å². The molecule has 1 heterocycles. The summed E-state index contributed by atoms with van der Waals surface area (Å²) in [4.78, 5) is 17.6. The van der Waals surface area contributed by atoms with Crippen molar-refractivity contribution in [3.05, 3.63) is 46.3 Å². The van der Waals surface area contributed by atoms with Crippen molar-refractivity contribution in [2.75, 3.05) is 25.6 Å². The Morgan fingerprint density at radius 1 is 1.35 bits per heavy atom. The highest BCUT2D eigenvalue weighted by Gasteiger charge is 2.35. The van der Waals surface area contributed by atoms with Crippen LogP contribution in [-0.2, 0) is 9.09 Å². The van der Waals surface area contributed by atoms with Crippen LogP contribution in [0.2, 0.25) is 0 Å². The van der Waals surface area contributed by atoms with Crippen molar-refractivity contribution in [2.24, 2.45) is 0 Å². The maximum atomic E-state index is 13.5. The fourth-order valence-electron chi connectivity index (χ4n) is 1.96. The third-order valence-electron chi connectivity index (χ3n) is 2.99. The fraction of sp³-hybridized carbons (Fsp3) is 0.267. The van der Waals surface area contributed by atoms with Gasteiger partial charge in [-0.2, -0.15) is 10.2 Å².